The number of hydrogen-bond donors (Lipinski definition) is 1. The van der Waals surface area contributed by atoms with E-state index in [9.17, 15) is 0 Å². The first-order valence-electron chi connectivity index (χ1n) is 6.06. The molecule has 0 aliphatic heterocycles. The van der Waals surface area contributed by atoms with Crippen molar-refractivity contribution in [1.29, 1.82) is 0 Å². The van der Waals surface area contributed by atoms with Crippen molar-refractivity contribution in [2.45, 2.75) is 59.0 Å². The molecule has 0 bridgehead atoms. The highest BCUT2D eigenvalue weighted by atomic mass is 15.1. The van der Waals surface area contributed by atoms with Crippen LogP contribution in [0.1, 0.15) is 47.0 Å². The predicted octanol–water partition coefficient (Wildman–Crippen LogP) is 2.49. The molecule has 0 heterocycles. The van der Waals surface area contributed by atoms with Gasteiger partial charge in [-0.05, 0) is 46.8 Å². The van der Waals surface area contributed by atoms with Gasteiger partial charge in [0, 0.05) is 12.1 Å². The van der Waals surface area contributed by atoms with E-state index >= 15 is 0 Å². The highest BCUT2D eigenvalue weighted by molar-refractivity contribution is 4.71. The van der Waals surface area contributed by atoms with E-state index in [0.29, 0.717) is 12.1 Å². The van der Waals surface area contributed by atoms with Crippen LogP contribution in [0.15, 0.2) is 0 Å². The van der Waals surface area contributed by atoms with Crippen LogP contribution in [0.3, 0.4) is 0 Å². The summed E-state index contributed by atoms with van der Waals surface area (Å²) in [6.45, 7) is 11.5. The normalized spacial score (nSPS) is 15.9. The Balaban J connectivity index is 3.83. The third-order valence-corrected chi connectivity index (χ3v) is 3.02. The first-order valence-corrected chi connectivity index (χ1v) is 6.06. The molecule has 0 aliphatic rings. The second-order valence-electron chi connectivity index (χ2n) is 4.26. The summed E-state index contributed by atoms with van der Waals surface area (Å²) in [5, 5.41) is 3.30. The van der Waals surface area contributed by atoms with Gasteiger partial charge in [0.2, 0.25) is 0 Å². The number of nitrogens with zero attached hydrogens (tertiary/aromatic N) is 1. The van der Waals surface area contributed by atoms with Gasteiger partial charge in [-0.25, -0.2) is 0 Å². The van der Waals surface area contributed by atoms with Crippen LogP contribution < -0.4 is 5.32 Å². The fourth-order valence-electron chi connectivity index (χ4n) is 1.83. The Hall–Kier alpha value is -0.0800. The zero-order valence-corrected chi connectivity index (χ0v) is 10.6. The molecule has 2 unspecified atom stereocenters. The van der Waals surface area contributed by atoms with E-state index in [0.717, 1.165) is 0 Å². The van der Waals surface area contributed by atoms with Crippen LogP contribution in [-0.2, 0) is 0 Å². The smallest absolute Gasteiger partial charge is 0.00815 e. The van der Waals surface area contributed by atoms with Gasteiger partial charge >= 0.3 is 0 Å². The molecule has 2 nitrogen and oxygen atoms in total. The molecule has 0 aromatic rings. The van der Waals surface area contributed by atoms with Crippen molar-refractivity contribution in [3.05, 3.63) is 0 Å². The maximum atomic E-state index is 3.30. The summed E-state index contributed by atoms with van der Waals surface area (Å²) >= 11 is 0. The molecule has 2 heteroatoms. The van der Waals surface area contributed by atoms with Crippen LogP contribution in [0.2, 0.25) is 0 Å². The number of unbranched alkanes of at least 4 members (excludes halogenated alkanes) is 1. The molecule has 14 heavy (non-hydrogen) atoms. The lowest BCUT2D eigenvalue weighted by atomic mass is 10.1. The van der Waals surface area contributed by atoms with Crippen LogP contribution >= 0.6 is 0 Å². The molecule has 86 valence electrons. The Bertz CT molecular complexity index is 125. The highest BCUT2D eigenvalue weighted by Crippen LogP contribution is 2.07. The van der Waals surface area contributed by atoms with Crippen molar-refractivity contribution >= 4 is 0 Å². The number of nitrogens with one attached hydrogen (secondary N) is 1. The van der Waals surface area contributed by atoms with Gasteiger partial charge in [0.05, 0.1) is 0 Å². The van der Waals surface area contributed by atoms with E-state index in [4.69, 9.17) is 0 Å². The van der Waals surface area contributed by atoms with Gasteiger partial charge in [0.1, 0.15) is 0 Å². The maximum Gasteiger partial charge on any atom is 0.00815 e. The third kappa shape index (κ3) is 5.61. The van der Waals surface area contributed by atoms with E-state index in [-0.39, 0.29) is 0 Å². The van der Waals surface area contributed by atoms with Crippen LogP contribution in [-0.4, -0.2) is 37.1 Å². The maximum absolute atomic E-state index is 3.30. The molecule has 0 fully saturated rings. The molecule has 0 aromatic carbocycles. The zero-order valence-electron chi connectivity index (χ0n) is 10.6. The lowest BCUT2D eigenvalue weighted by Gasteiger charge is -2.29. The molecule has 0 saturated carbocycles. The summed E-state index contributed by atoms with van der Waals surface area (Å²) in [6.07, 6.45) is 3.87. The largest absolute Gasteiger partial charge is 0.317 e. The topological polar surface area (TPSA) is 15.3 Å². The van der Waals surface area contributed by atoms with Gasteiger partial charge in [-0.15, -0.1) is 0 Å². The van der Waals surface area contributed by atoms with Gasteiger partial charge in [-0.1, -0.05) is 20.3 Å². The van der Waals surface area contributed by atoms with E-state index in [1.807, 2.05) is 7.05 Å². The van der Waals surface area contributed by atoms with Crippen molar-refractivity contribution in [3.8, 4) is 0 Å². The van der Waals surface area contributed by atoms with Crippen molar-refractivity contribution in [3.63, 3.8) is 0 Å². The summed E-state index contributed by atoms with van der Waals surface area (Å²) in [7, 11) is 2.04. The molecule has 0 rings (SSSR count). The quantitative estimate of drug-likeness (QED) is 0.647. The van der Waals surface area contributed by atoms with Gasteiger partial charge in [-0.2, -0.15) is 0 Å². The molecular weight excluding hydrogens is 172 g/mol. The molecule has 1 N–H and O–H groups in total. The van der Waals surface area contributed by atoms with Gasteiger partial charge < -0.3 is 10.2 Å². The lowest BCUT2D eigenvalue weighted by molar-refractivity contribution is 0.196. The second-order valence-corrected chi connectivity index (χ2v) is 4.26. The van der Waals surface area contributed by atoms with Crippen LogP contribution in [0.4, 0.5) is 0 Å². The van der Waals surface area contributed by atoms with Crippen LogP contribution in [0.5, 0.6) is 0 Å². The highest BCUT2D eigenvalue weighted by Gasteiger charge is 2.13. The average molecular weight is 200 g/mol. The van der Waals surface area contributed by atoms with Gasteiger partial charge in [0.15, 0.2) is 0 Å². The monoisotopic (exact) mass is 200 g/mol. The first-order chi connectivity index (χ1) is 6.65. The minimum Gasteiger partial charge on any atom is -0.317 e. The summed E-state index contributed by atoms with van der Waals surface area (Å²) in [5.74, 6) is 0. The molecular formula is C12H28N2. The average Bonchev–Trinajstić information content (AvgIpc) is 2.18. The number of rotatable bonds is 8. The Kier molecular flexibility index (Phi) is 8.20. The summed E-state index contributed by atoms with van der Waals surface area (Å²) in [6, 6.07) is 1.33. The molecule has 2 atom stereocenters. The third-order valence-electron chi connectivity index (χ3n) is 3.02. The van der Waals surface area contributed by atoms with E-state index in [1.165, 1.54) is 32.4 Å². The SMILES string of the molecule is CCCCN(CC)C(C)CC(C)NC. The summed E-state index contributed by atoms with van der Waals surface area (Å²) < 4.78 is 0. The molecule has 0 spiro atoms. The molecule has 0 aliphatic carbocycles. The Morgan fingerprint density at radius 1 is 1.21 bits per heavy atom. The first kappa shape index (κ1) is 13.9. The Morgan fingerprint density at radius 3 is 2.29 bits per heavy atom. The fourth-order valence-corrected chi connectivity index (χ4v) is 1.83. The Morgan fingerprint density at radius 2 is 1.86 bits per heavy atom. The summed E-state index contributed by atoms with van der Waals surface area (Å²) in [4.78, 5) is 2.58. The standard InChI is InChI=1S/C12H28N2/c1-6-8-9-14(7-2)12(4)10-11(3)13-5/h11-13H,6-10H2,1-5H3. The van der Waals surface area contributed by atoms with E-state index in [2.05, 4.69) is 37.9 Å². The molecule has 0 saturated heterocycles. The van der Waals surface area contributed by atoms with E-state index in [1.54, 1.807) is 0 Å². The van der Waals surface area contributed by atoms with Crippen molar-refractivity contribution < 1.29 is 0 Å². The Labute approximate surface area is 90.1 Å². The van der Waals surface area contributed by atoms with Crippen molar-refractivity contribution in [1.82, 2.24) is 10.2 Å². The van der Waals surface area contributed by atoms with E-state index < -0.39 is 0 Å². The fraction of sp³-hybridized carbons (Fsp3) is 1.00. The van der Waals surface area contributed by atoms with Crippen LogP contribution in [0.25, 0.3) is 0 Å². The number of hydrogen-bond acceptors (Lipinski definition) is 2. The molecule has 0 radical (unpaired) electrons. The lowest BCUT2D eigenvalue weighted by Crippen LogP contribution is -2.38. The van der Waals surface area contributed by atoms with Crippen molar-refractivity contribution in [2.24, 2.45) is 0 Å². The predicted molar refractivity (Wildman–Crippen MR) is 64.8 cm³/mol. The second kappa shape index (κ2) is 8.25. The summed E-state index contributed by atoms with van der Waals surface area (Å²) in [5.41, 5.74) is 0. The molecule has 0 amide bonds. The van der Waals surface area contributed by atoms with Crippen LogP contribution in [0, 0.1) is 0 Å². The van der Waals surface area contributed by atoms with Crippen molar-refractivity contribution in [2.75, 3.05) is 20.1 Å². The minimum atomic E-state index is 0.626. The molecule has 0 aromatic heterocycles. The minimum absolute atomic E-state index is 0.626. The van der Waals surface area contributed by atoms with Gasteiger partial charge in [0.25, 0.3) is 0 Å². The van der Waals surface area contributed by atoms with Gasteiger partial charge in [-0.3, -0.25) is 0 Å². The zero-order chi connectivity index (χ0) is 11.0.